The molecule has 0 fully saturated rings. The van der Waals surface area contributed by atoms with Gasteiger partial charge >= 0.3 is 5.97 Å². The summed E-state index contributed by atoms with van der Waals surface area (Å²) in [6.45, 7) is -0.0617. The zero-order valence-corrected chi connectivity index (χ0v) is 9.75. The molecular weight excluding hydrogens is 245 g/mol. The summed E-state index contributed by atoms with van der Waals surface area (Å²) in [7, 11) is 0. The number of carboxylic acid groups (broad SMARTS) is 1. The maximum absolute atomic E-state index is 13.5. The molecule has 0 aliphatic carbocycles. The third-order valence-electron chi connectivity index (χ3n) is 2.12. The number of carboxylic acids is 1. The molecule has 0 aliphatic heterocycles. The van der Waals surface area contributed by atoms with Gasteiger partial charge in [0.25, 0.3) is 0 Å². The van der Waals surface area contributed by atoms with Gasteiger partial charge in [-0.3, -0.25) is 9.69 Å². The van der Waals surface area contributed by atoms with Gasteiger partial charge < -0.3 is 5.11 Å². The molecule has 0 amide bonds. The van der Waals surface area contributed by atoms with Gasteiger partial charge in [0.2, 0.25) is 0 Å². The summed E-state index contributed by atoms with van der Waals surface area (Å²) < 4.78 is 13.5. The minimum Gasteiger partial charge on any atom is -0.480 e. The van der Waals surface area contributed by atoms with Crippen LogP contribution in [0.4, 0.5) is 4.39 Å². The molecule has 1 aromatic carbocycles. The lowest BCUT2D eigenvalue weighted by Gasteiger charge is -2.18. The number of aliphatic carboxylic acids is 1. The molecule has 0 atom stereocenters. The second kappa shape index (κ2) is 6.24. The molecule has 17 heavy (non-hydrogen) atoms. The standard InChI is InChI=1S/C12H11ClFNO2/c1-2-6-15(8-12(16)17)7-9-10(13)4-3-5-11(9)14/h1,3-5H,6-8H2,(H,16,17). The van der Waals surface area contributed by atoms with Gasteiger partial charge in [0.05, 0.1) is 13.1 Å². The van der Waals surface area contributed by atoms with Crippen molar-refractivity contribution in [3.05, 3.63) is 34.6 Å². The van der Waals surface area contributed by atoms with E-state index in [2.05, 4.69) is 5.92 Å². The van der Waals surface area contributed by atoms with E-state index in [1.54, 1.807) is 6.07 Å². The van der Waals surface area contributed by atoms with Gasteiger partial charge in [-0.15, -0.1) is 6.42 Å². The highest BCUT2D eigenvalue weighted by Crippen LogP contribution is 2.20. The van der Waals surface area contributed by atoms with Crippen LogP contribution in [0.2, 0.25) is 5.02 Å². The smallest absolute Gasteiger partial charge is 0.317 e. The Bertz CT molecular complexity index is 436. The number of hydrogen-bond acceptors (Lipinski definition) is 2. The lowest BCUT2D eigenvalue weighted by Crippen LogP contribution is -2.30. The van der Waals surface area contributed by atoms with E-state index < -0.39 is 11.8 Å². The van der Waals surface area contributed by atoms with E-state index in [1.165, 1.54) is 17.0 Å². The highest BCUT2D eigenvalue weighted by Gasteiger charge is 2.14. The van der Waals surface area contributed by atoms with Crippen molar-refractivity contribution in [1.29, 1.82) is 0 Å². The Hall–Kier alpha value is -1.57. The minimum atomic E-state index is -1.02. The van der Waals surface area contributed by atoms with Crippen LogP contribution < -0.4 is 0 Å². The van der Waals surface area contributed by atoms with E-state index in [1.807, 2.05) is 0 Å². The molecule has 0 spiro atoms. The normalized spacial score (nSPS) is 10.2. The molecule has 0 heterocycles. The number of hydrogen-bond donors (Lipinski definition) is 1. The highest BCUT2D eigenvalue weighted by molar-refractivity contribution is 6.31. The Balaban J connectivity index is 2.86. The quantitative estimate of drug-likeness (QED) is 0.818. The molecule has 0 saturated carbocycles. The van der Waals surface area contributed by atoms with Crippen LogP contribution >= 0.6 is 11.6 Å². The predicted molar refractivity (Wildman–Crippen MR) is 63.2 cm³/mol. The molecule has 0 bridgehead atoms. The molecule has 0 unspecified atom stereocenters. The molecule has 0 saturated heterocycles. The second-order valence-electron chi connectivity index (χ2n) is 3.44. The lowest BCUT2D eigenvalue weighted by atomic mass is 10.2. The molecule has 1 N–H and O–H groups in total. The second-order valence-corrected chi connectivity index (χ2v) is 3.85. The van der Waals surface area contributed by atoms with Crippen LogP contribution in [0.1, 0.15) is 5.56 Å². The molecule has 1 aromatic rings. The van der Waals surface area contributed by atoms with Crippen molar-refractivity contribution < 1.29 is 14.3 Å². The fraction of sp³-hybridized carbons (Fsp3) is 0.250. The minimum absolute atomic E-state index is 0.0714. The van der Waals surface area contributed by atoms with E-state index >= 15 is 0 Å². The van der Waals surface area contributed by atoms with Gasteiger partial charge in [-0.1, -0.05) is 23.6 Å². The molecule has 0 aromatic heterocycles. The fourth-order valence-corrected chi connectivity index (χ4v) is 1.62. The molecule has 0 aliphatic rings. The summed E-state index contributed by atoms with van der Waals surface area (Å²) in [5.74, 6) is 0.841. The monoisotopic (exact) mass is 255 g/mol. The average Bonchev–Trinajstić information content (AvgIpc) is 2.23. The maximum Gasteiger partial charge on any atom is 0.317 e. The first-order valence-corrected chi connectivity index (χ1v) is 5.23. The summed E-state index contributed by atoms with van der Waals surface area (Å²) >= 11 is 5.84. The van der Waals surface area contributed by atoms with E-state index in [0.717, 1.165) is 0 Å². The maximum atomic E-state index is 13.5. The third-order valence-corrected chi connectivity index (χ3v) is 2.47. The van der Waals surface area contributed by atoms with Crippen LogP contribution in [0.25, 0.3) is 0 Å². The van der Waals surface area contributed by atoms with Gasteiger partial charge in [-0.25, -0.2) is 4.39 Å². The van der Waals surface area contributed by atoms with Crippen LogP contribution in [0.15, 0.2) is 18.2 Å². The number of halogens is 2. The zero-order valence-electron chi connectivity index (χ0n) is 8.99. The highest BCUT2D eigenvalue weighted by atomic mass is 35.5. The van der Waals surface area contributed by atoms with Crippen LogP contribution in [0.5, 0.6) is 0 Å². The lowest BCUT2D eigenvalue weighted by molar-refractivity contribution is -0.138. The first-order valence-electron chi connectivity index (χ1n) is 4.85. The van der Waals surface area contributed by atoms with E-state index in [4.69, 9.17) is 23.1 Å². The first kappa shape index (κ1) is 13.5. The van der Waals surface area contributed by atoms with Crippen molar-refractivity contribution in [1.82, 2.24) is 4.90 Å². The summed E-state index contributed by atoms with van der Waals surface area (Å²) in [4.78, 5) is 12.0. The van der Waals surface area contributed by atoms with Crippen molar-refractivity contribution >= 4 is 17.6 Å². The SMILES string of the molecule is C#CCN(CC(=O)O)Cc1c(F)cccc1Cl. The Morgan fingerprint density at radius 3 is 2.82 bits per heavy atom. The Morgan fingerprint density at radius 2 is 2.29 bits per heavy atom. The first-order chi connectivity index (χ1) is 8.04. The molecule has 90 valence electrons. The number of rotatable bonds is 5. The van der Waals surface area contributed by atoms with Crippen LogP contribution in [-0.2, 0) is 11.3 Å². The summed E-state index contributed by atoms with van der Waals surface area (Å²) in [5.41, 5.74) is 0.255. The van der Waals surface area contributed by atoms with Gasteiger partial charge in [0, 0.05) is 17.1 Å². The largest absolute Gasteiger partial charge is 0.480 e. The zero-order chi connectivity index (χ0) is 12.8. The van der Waals surface area contributed by atoms with Gasteiger partial charge in [-0.05, 0) is 12.1 Å². The molecule has 5 heteroatoms. The van der Waals surface area contributed by atoms with Crippen molar-refractivity contribution in [2.45, 2.75) is 6.54 Å². The van der Waals surface area contributed by atoms with Crippen molar-refractivity contribution in [3.63, 3.8) is 0 Å². The van der Waals surface area contributed by atoms with E-state index in [9.17, 15) is 9.18 Å². The fourth-order valence-electron chi connectivity index (χ4n) is 1.40. The Morgan fingerprint density at radius 1 is 1.59 bits per heavy atom. The average molecular weight is 256 g/mol. The Labute approximate surface area is 104 Å². The third kappa shape index (κ3) is 4.06. The molecule has 0 radical (unpaired) electrons. The van der Waals surface area contributed by atoms with Gasteiger partial charge in [0.15, 0.2) is 0 Å². The number of benzene rings is 1. The van der Waals surface area contributed by atoms with E-state index in [-0.39, 0.29) is 30.2 Å². The topological polar surface area (TPSA) is 40.5 Å². The van der Waals surface area contributed by atoms with Gasteiger partial charge in [-0.2, -0.15) is 0 Å². The Kier molecular flexibility index (Phi) is 4.95. The van der Waals surface area contributed by atoms with Gasteiger partial charge in [0.1, 0.15) is 5.82 Å². The molecule has 1 rings (SSSR count). The number of nitrogens with zero attached hydrogens (tertiary/aromatic N) is 1. The summed E-state index contributed by atoms with van der Waals surface area (Å²) in [6.07, 6.45) is 5.12. The van der Waals surface area contributed by atoms with Crippen LogP contribution in [0.3, 0.4) is 0 Å². The summed E-state index contributed by atoms with van der Waals surface area (Å²) in [6, 6.07) is 4.31. The number of terminal acetylenes is 1. The number of carbonyl (C=O) groups is 1. The predicted octanol–water partition coefficient (Wildman–Crippen LogP) is 2.00. The molecule has 3 nitrogen and oxygen atoms in total. The van der Waals surface area contributed by atoms with E-state index in [0.29, 0.717) is 0 Å². The van der Waals surface area contributed by atoms with Crippen molar-refractivity contribution in [3.8, 4) is 12.3 Å². The summed E-state index contributed by atoms with van der Waals surface area (Å²) in [5, 5.41) is 8.95. The molecular formula is C12H11ClFNO2. The van der Waals surface area contributed by atoms with Crippen LogP contribution in [-0.4, -0.2) is 29.1 Å². The van der Waals surface area contributed by atoms with Crippen molar-refractivity contribution in [2.75, 3.05) is 13.1 Å². The van der Waals surface area contributed by atoms with Crippen LogP contribution in [0, 0.1) is 18.2 Å². The van der Waals surface area contributed by atoms with Crippen molar-refractivity contribution in [2.24, 2.45) is 0 Å².